The van der Waals surface area contributed by atoms with Crippen LogP contribution in [0.4, 0.5) is 0 Å². The number of rotatable bonds is 3. The maximum absolute atomic E-state index is 4.81. The first-order chi connectivity index (χ1) is 10.8. The van der Waals surface area contributed by atoms with Gasteiger partial charge in [-0.3, -0.25) is 0 Å². The smallest absolute Gasteiger partial charge is 0.160 e. The van der Waals surface area contributed by atoms with E-state index in [4.69, 9.17) is 9.97 Å². The molecule has 0 bridgehead atoms. The molecule has 108 valence electrons. The van der Waals surface area contributed by atoms with Gasteiger partial charge in [0.2, 0.25) is 0 Å². The molecule has 1 aromatic heterocycles. The van der Waals surface area contributed by atoms with E-state index in [1.54, 1.807) is 0 Å². The average molecular weight is 286 g/mol. The van der Waals surface area contributed by atoms with E-state index in [0.29, 0.717) is 0 Å². The number of hydrogen-bond donors (Lipinski definition) is 0. The topological polar surface area (TPSA) is 25.8 Å². The summed E-state index contributed by atoms with van der Waals surface area (Å²) in [5.74, 6) is 0.762. The van der Waals surface area contributed by atoms with Crippen LogP contribution in [-0.4, -0.2) is 9.97 Å². The van der Waals surface area contributed by atoms with Crippen molar-refractivity contribution < 1.29 is 0 Å². The Bertz CT molecular complexity index is 791. The van der Waals surface area contributed by atoms with E-state index >= 15 is 0 Å². The Hall–Kier alpha value is -2.74. The summed E-state index contributed by atoms with van der Waals surface area (Å²) in [6.45, 7) is 4.08. The van der Waals surface area contributed by atoms with Gasteiger partial charge in [-0.05, 0) is 19.9 Å². The molecule has 0 amide bonds. The minimum atomic E-state index is 0.762. The molecule has 0 N–H and O–H groups in total. The number of allylic oxidation sites excluding steroid dienone is 1. The predicted molar refractivity (Wildman–Crippen MR) is 92.3 cm³/mol. The van der Waals surface area contributed by atoms with Crippen molar-refractivity contribution in [3.05, 3.63) is 78.0 Å². The lowest BCUT2D eigenvalue weighted by atomic mass is 10.0. The van der Waals surface area contributed by atoms with Crippen LogP contribution in [0.3, 0.4) is 0 Å². The first-order valence-corrected chi connectivity index (χ1v) is 7.42. The lowest BCUT2D eigenvalue weighted by Crippen LogP contribution is -1.99. The van der Waals surface area contributed by atoms with Gasteiger partial charge in [-0.1, -0.05) is 66.7 Å². The van der Waals surface area contributed by atoms with Gasteiger partial charge in [0.1, 0.15) is 0 Å². The fourth-order valence-corrected chi connectivity index (χ4v) is 2.45. The molecule has 2 heteroatoms. The molecule has 0 unspecified atom stereocenters. The van der Waals surface area contributed by atoms with Gasteiger partial charge in [0.15, 0.2) is 5.82 Å². The number of hydrogen-bond acceptors (Lipinski definition) is 2. The third-order valence-electron chi connectivity index (χ3n) is 3.59. The summed E-state index contributed by atoms with van der Waals surface area (Å²) in [5, 5.41) is 0. The molecular weight excluding hydrogens is 268 g/mol. The van der Waals surface area contributed by atoms with Gasteiger partial charge in [0.25, 0.3) is 0 Å². The van der Waals surface area contributed by atoms with E-state index in [-0.39, 0.29) is 0 Å². The lowest BCUT2D eigenvalue weighted by molar-refractivity contribution is 1.12. The molecule has 3 rings (SSSR count). The van der Waals surface area contributed by atoms with Crippen LogP contribution in [0, 0.1) is 6.92 Å². The first kappa shape index (κ1) is 14.2. The highest BCUT2D eigenvalue weighted by molar-refractivity contribution is 5.70. The van der Waals surface area contributed by atoms with Crippen LogP contribution < -0.4 is 0 Å². The summed E-state index contributed by atoms with van der Waals surface area (Å²) in [5.41, 5.74) is 5.21. The molecule has 3 aromatic rings. The molecule has 2 nitrogen and oxygen atoms in total. The Balaban J connectivity index is 2.23. The van der Waals surface area contributed by atoms with E-state index in [9.17, 15) is 0 Å². The Morgan fingerprint density at radius 2 is 1.36 bits per heavy atom. The van der Waals surface area contributed by atoms with Crippen molar-refractivity contribution in [2.45, 2.75) is 13.8 Å². The van der Waals surface area contributed by atoms with Crippen molar-refractivity contribution in [2.75, 3.05) is 0 Å². The summed E-state index contributed by atoms with van der Waals surface area (Å²) in [7, 11) is 0. The molecule has 0 atom stereocenters. The van der Waals surface area contributed by atoms with Gasteiger partial charge in [0.05, 0.1) is 11.4 Å². The van der Waals surface area contributed by atoms with Crippen LogP contribution in [-0.2, 0) is 0 Å². The van der Waals surface area contributed by atoms with Crippen molar-refractivity contribution in [3.8, 4) is 22.6 Å². The molecule has 0 saturated heterocycles. The highest BCUT2D eigenvalue weighted by Gasteiger charge is 2.11. The van der Waals surface area contributed by atoms with Gasteiger partial charge >= 0.3 is 0 Å². The molecule has 1 heterocycles. The minimum absolute atomic E-state index is 0.762. The zero-order valence-electron chi connectivity index (χ0n) is 12.8. The third-order valence-corrected chi connectivity index (χ3v) is 3.59. The number of nitrogens with zero attached hydrogens (tertiary/aromatic N) is 2. The lowest BCUT2D eigenvalue weighted by Gasteiger charge is -2.11. The van der Waals surface area contributed by atoms with Crippen LogP contribution >= 0.6 is 0 Å². The maximum Gasteiger partial charge on any atom is 0.160 e. The Morgan fingerprint density at radius 1 is 0.773 bits per heavy atom. The zero-order chi connectivity index (χ0) is 15.4. The molecule has 0 saturated carbocycles. The first-order valence-electron chi connectivity index (χ1n) is 7.42. The predicted octanol–water partition coefficient (Wildman–Crippen LogP) is 5.15. The minimum Gasteiger partial charge on any atom is -0.228 e. The molecule has 0 spiro atoms. The van der Waals surface area contributed by atoms with E-state index in [1.165, 1.54) is 0 Å². The molecule has 0 aliphatic heterocycles. The van der Waals surface area contributed by atoms with Crippen molar-refractivity contribution in [2.24, 2.45) is 0 Å². The number of benzene rings is 2. The summed E-state index contributed by atoms with van der Waals surface area (Å²) in [4.78, 5) is 9.53. The van der Waals surface area contributed by atoms with Crippen LogP contribution in [0.2, 0.25) is 0 Å². The van der Waals surface area contributed by atoms with Crippen LogP contribution in [0.5, 0.6) is 0 Å². The molecule has 22 heavy (non-hydrogen) atoms. The van der Waals surface area contributed by atoms with Gasteiger partial charge in [0, 0.05) is 16.7 Å². The van der Waals surface area contributed by atoms with Crippen LogP contribution in [0.15, 0.2) is 66.7 Å². The molecule has 0 radical (unpaired) electrons. The fraction of sp³-hybridized carbons (Fsp3) is 0.100. The standard InChI is InChI=1S/C20H18N2/c1-3-10-18-15(2)19(16-11-6-4-7-12-16)22-20(21-18)17-13-8-5-9-14-17/h3-14H,1-2H3/b10-3-. The number of aromatic nitrogens is 2. The second-order valence-electron chi connectivity index (χ2n) is 5.14. The Labute approximate surface area is 131 Å². The second kappa shape index (κ2) is 6.35. The highest BCUT2D eigenvalue weighted by Crippen LogP contribution is 2.27. The van der Waals surface area contributed by atoms with E-state index in [2.05, 4.69) is 19.1 Å². The van der Waals surface area contributed by atoms with E-state index in [0.717, 1.165) is 33.9 Å². The SMILES string of the molecule is C/C=C\c1nc(-c2ccccc2)nc(-c2ccccc2)c1C. The monoisotopic (exact) mass is 286 g/mol. The van der Waals surface area contributed by atoms with Crippen LogP contribution in [0.25, 0.3) is 28.7 Å². The van der Waals surface area contributed by atoms with E-state index in [1.807, 2.05) is 67.6 Å². The molecule has 2 aromatic carbocycles. The Morgan fingerprint density at radius 3 is 1.95 bits per heavy atom. The van der Waals surface area contributed by atoms with Crippen LogP contribution in [0.1, 0.15) is 18.2 Å². The van der Waals surface area contributed by atoms with Gasteiger partial charge in [-0.25, -0.2) is 9.97 Å². The van der Waals surface area contributed by atoms with Crippen molar-refractivity contribution >= 4 is 6.08 Å². The molecule has 0 fully saturated rings. The quantitative estimate of drug-likeness (QED) is 0.665. The zero-order valence-corrected chi connectivity index (χ0v) is 12.8. The summed E-state index contributed by atoms with van der Waals surface area (Å²) in [6, 6.07) is 20.4. The van der Waals surface area contributed by atoms with Crippen molar-refractivity contribution in [1.82, 2.24) is 9.97 Å². The average Bonchev–Trinajstić information content (AvgIpc) is 2.58. The highest BCUT2D eigenvalue weighted by atomic mass is 14.9. The molecular formula is C20H18N2. The molecule has 0 aliphatic rings. The fourth-order valence-electron chi connectivity index (χ4n) is 2.45. The summed E-state index contributed by atoms with van der Waals surface area (Å²) in [6.07, 6.45) is 4.05. The second-order valence-corrected chi connectivity index (χ2v) is 5.14. The summed E-state index contributed by atoms with van der Waals surface area (Å²) < 4.78 is 0. The van der Waals surface area contributed by atoms with Gasteiger partial charge in [-0.2, -0.15) is 0 Å². The largest absolute Gasteiger partial charge is 0.228 e. The van der Waals surface area contributed by atoms with Gasteiger partial charge < -0.3 is 0 Å². The normalized spacial score (nSPS) is 11.0. The van der Waals surface area contributed by atoms with E-state index < -0.39 is 0 Å². The van der Waals surface area contributed by atoms with Crippen molar-refractivity contribution in [3.63, 3.8) is 0 Å². The maximum atomic E-state index is 4.81. The Kier molecular flexibility index (Phi) is 4.10. The molecule has 0 aliphatic carbocycles. The van der Waals surface area contributed by atoms with Crippen molar-refractivity contribution in [1.29, 1.82) is 0 Å². The third kappa shape index (κ3) is 2.82. The summed E-state index contributed by atoms with van der Waals surface area (Å²) >= 11 is 0. The van der Waals surface area contributed by atoms with Gasteiger partial charge in [-0.15, -0.1) is 0 Å².